The van der Waals surface area contributed by atoms with Gasteiger partial charge in [-0.05, 0) is 17.7 Å². The Balaban J connectivity index is 1.86. The van der Waals surface area contributed by atoms with Crippen molar-refractivity contribution in [2.75, 3.05) is 0 Å². The first-order valence-corrected chi connectivity index (χ1v) is 7.73. The summed E-state index contributed by atoms with van der Waals surface area (Å²) in [7, 11) is -4.23. The van der Waals surface area contributed by atoms with Crippen LogP contribution in [0.2, 0.25) is 0 Å². The molecule has 0 aliphatic rings. The lowest BCUT2D eigenvalue weighted by Gasteiger charge is -2.06. The second kappa shape index (κ2) is 5.23. The highest BCUT2D eigenvalue weighted by molar-refractivity contribution is 7.86. The van der Waals surface area contributed by atoms with Crippen molar-refractivity contribution in [2.45, 2.75) is 11.5 Å². The van der Waals surface area contributed by atoms with Crippen molar-refractivity contribution in [1.82, 2.24) is 4.98 Å². The zero-order chi connectivity index (χ0) is 14.9. The average Bonchev–Trinajstić information content (AvgIpc) is 2.89. The molecule has 0 radical (unpaired) electrons. The van der Waals surface area contributed by atoms with E-state index in [0.29, 0.717) is 23.3 Å². The third kappa shape index (κ3) is 2.91. The Bertz CT molecular complexity index is 869. The molecule has 0 saturated heterocycles. The third-order valence-electron chi connectivity index (χ3n) is 3.14. The van der Waals surface area contributed by atoms with E-state index in [1.807, 2.05) is 30.3 Å². The maximum absolute atomic E-state index is 11.2. The van der Waals surface area contributed by atoms with E-state index in [-0.39, 0.29) is 4.90 Å². The fourth-order valence-electron chi connectivity index (χ4n) is 2.12. The van der Waals surface area contributed by atoms with Gasteiger partial charge in [0.2, 0.25) is 0 Å². The molecule has 0 fully saturated rings. The van der Waals surface area contributed by atoms with Gasteiger partial charge in [-0.15, -0.1) is 0 Å². The van der Waals surface area contributed by atoms with Gasteiger partial charge in [0.1, 0.15) is 17.3 Å². The van der Waals surface area contributed by atoms with E-state index >= 15 is 0 Å². The van der Waals surface area contributed by atoms with Gasteiger partial charge in [0.15, 0.2) is 0 Å². The van der Waals surface area contributed by atoms with Crippen LogP contribution in [0, 0.1) is 0 Å². The van der Waals surface area contributed by atoms with E-state index in [1.165, 1.54) is 6.20 Å². The van der Waals surface area contributed by atoms with Gasteiger partial charge in [-0.25, -0.2) is 0 Å². The smallest absolute Gasteiger partial charge is 0.296 e. The van der Waals surface area contributed by atoms with Crippen molar-refractivity contribution in [3.63, 3.8) is 0 Å². The number of benzene rings is 2. The standard InChI is InChI=1S/C15H13NO4S/c17-21(18,19)15-9-16-14-8-12(6-7-13(14)15)20-10-11-4-2-1-3-5-11/h1-9,16H,10H2,(H,17,18,19). The minimum atomic E-state index is -4.23. The molecule has 0 atom stereocenters. The first-order valence-electron chi connectivity index (χ1n) is 6.29. The normalized spacial score (nSPS) is 11.7. The minimum absolute atomic E-state index is 0.132. The monoisotopic (exact) mass is 303 g/mol. The van der Waals surface area contributed by atoms with Crippen LogP contribution in [0.25, 0.3) is 10.9 Å². The summed E-state index contributed by atoms with van der Waals surface area (Å²) in [6.07, 6.45) is 1.26. The van der Waals surface area contributed by atoms with Gasteiger partial charge in [0, 0.05) is 17.6 Å². The Hall–Kier alpha value is -2.31. The summed E-state index contributed by atoms with van der Waals surface area (Å²) >= 11 is 0. The Morgan fingerprint density at radius 1 is 1.10 bits per heavy atom. The van der Waals surface area contributed by atoms with Crippen LogP contribution < -0.4 is 4.74 Å². The first-order chi connectivity index (χ1) is 10.0. The van der Waals surface area contributed by atoms with Gasteiger partial charge in [0.25, 0.3) is 10.1 Å². The second-order valence-corrected chi connectivity index (χ2v) is 6.00. The van der Waals surface area contributed by atoms with Crippen LogP contribution in [-0.4, -0.2) is 18.0 Å². The molecule has 0 amide bonds. The molecule has 0 bridgehead atoms. The Morgan fingerprint density at radius 3 is 2.57 bits per heavy atom. The number of aromatic amines is 1. The van der Waals surface area contributed by atoms with Gasteiger partial charge in [-0.3, -0.25) is 4.55 Å². The van der Waals surface area contributed by atoms with Crippen molar-refractivity contribution in [1.29, 1.82) is 0 Å². The predicted octanol–water partition coefficient (Wildman–Crippen LogP) is 2.99. The minimum Gasteiger partial charge on any atom is -0.489 e. The zero-order valence-electron chi connectivity index (χ0n) is 11.0. The summed E-state index contributed by atoms with van der Waals surface area (Å²) in [5, 5.41) is 0.435. The summed E-state index contributed by atoms with van der Waals surface area (Å²) in [6, 6.07) is 14.7. The number of fused-ring (bicyclic) bond motifs is 1. The average molecular weight is 303 g/mol. The molecular formula is C15H13NO4S. The SMILES string of the molecule is O=S(=O)(O)c1c[nH]c2cc(OCc3ccccc3)ccc12. The molecule has 0 unspecified atom stereocenters. The van der Waals surface area contributed by atoms with Crippen LogP contribution in [0.5, 0.6) is 5.75 Å². The van der Waals surface area contributed by atoms with Crippen LogP contribution in [-0.2, 0) is 16.7 Å². The number of ether oxygens (including phenoxy) is 1. The highest BCUT2D eigenvalue weighted by atomic mass is 32.2. The van der Waals surface area contributed by atoms with E-state index in [4.69, 9.17) is 9.29 Å². The maximum Gasteiger partial charge on any atom is 0.296 e. The van der Waals surface area contributed by atoms with Gasteiger partial charge in [-0.2, -0.15) is 8.42 Å². The lowest BCUT2D eigenvalue weighted by Crippen LogP contribution is -1.96. The lowest BCUT2D eigenvalue weighted by molar-refractivity contribution is 0.306. The van der Waals surface area contributed by atoms with Gasteiger partial charge in [0.05, 0.1) is 5.52 Å². The van der Waals surface area contributed by atoms with Crippen LogP contribution in [0.15, 0.2) is 59.6 Å². The molecule has 0 saturated carbocycles. The van der Waals surface area contributed by atoms with Gasteiger partial charge in [-0.1, -0.05) is 30.3 Å². The molecule has 21 heavy (non-hydrogen) atoms. The number of rotatable bonds is 4. The van der Waals surface area contributed by atoms with Crippen molar-refractivity contribution >= 4 is 21.0 Å². The predicted molar refractivity (Wildman–Crippen MR) is 78.9 cm³/mol. The van der Waals surface area contributed by atoms with E-state index in [2.05, 4.69) is 4.98 Å². The second-order valence-electron chi connectivity index (χ2n) is 4.61. The van der Waals surface area contributed by atoms with Crippen molar-refractivity contribution in [3.05, 3.63) is 60.3 Å². The summed E-state index contributed by atoms with van der Waals surface area (Å²) < 4.78 is 37.2. The molecule has 2 N–H and O–H groups in total. The van der Waals surface area contributed by atoms with Crippen LogP contribution in [0.4, 0.5) is 0 Å². The molecule has 2 aromatic carbocycles. The topological polar surface area (TPSA) is 79.4 Å². The lowest BCUT2D eigenvalue weighted by atomic mass is 10.2. The number of aromatic nitrogens is 1. The fraction of sp³-hybridized carbons (Fsp3) is 0.0667. The maximum atomic E-state index is 11.2. The highest BCUT2D eigenvalue weighted by Crippen LogP contribution is 2.26. The summed E-state index contributed by atoms with van der Waals surface area (Å²) in [5.74, 6) is 0.620. The summed E-state index contributed by atoms with van der Waals surface area (Å²) in [6.45, 7) is 0.429. The van der Waals surface area contributed by atoms with E-state index < -0.39 is 10.1 Å². The van der Waals surface area contributed by atoms with Gasteiger partial charge >= 0.3 is 0 Å². The molecule has 3 rings (SSSR count). The van der Waals surface area contributed by atoms with E-state index in [1.54, 1.807) is 18.2 Å². The van der Waals surface area contributed by atoms with Crippen molar-refractivity contribution in [2.24, 2.45) is 0 Å². The third-order valence-corrected chi connectivity index (χ3v) is 4.04. The number of hydrogen-bond donors (Lipinski definition) is 2. The van der Waals surface area contributed by atoms with Crippen LogP contribution in [0.1, 0.15) is 5.56 Å². The molecule has 0 spiro atoms. The number of nitrogens with one attached hydrogen (secondary N) is 1. The Labute approximate surface area is 121 Å². The van der Waals surface area contributed by atoms with E-state index in [9.17, 15) is 8.42 Å². The number of H-pyrrole nitrogens is 1. The van der Waals surface area contributed by atoms with E-state index in [0.717, 1.165) is 5.56 Å². The molecule has 5 nitrogen and oxygen atoms in total. The molecule has 0 aliphatic heterocycles. The fourth-order valence-corrected chi connectivity index (χ4v) is 2.79. The quantitative estimate of drug-likeness (QED) is 0.726. The zero-order valence-corrected chi connectivity index (χ0v) is 11.8. The molecule has 1 heterocycles. The summed E-state index contributed by atoms with van der Waals surface area (Å²) in [5.41, 5.74) is 1.64. The highest BCUT2D eigenvalue weighted by Gasteiger charge is 2.15. The molecule has 6 heteroatoms. The number of hydrogen-bond acceptors (Lipinski definition) is 3. The van der Waals surface area contributed by atoms with Crippen molar-refractivity contribution in [3.8, 4) is 5.75 Å². The van der Waals surface area contributed by atoms with Gasteiger partial charge < -0.3 is 9.72 Å². The van der Waals surface area contributed by atoms with Crippen LogP contribution in [0.3, 0.4) is 0 Å². The Morgan fingerprint density at radius 2 is 1.86 bits per heavy atom. The van der Waals surface area contributed by atoms with Crippen LogP contribution >= 0.6 is 0 Å². The Kier molecular flexibility index (Phi) is 3.40. The molecule has 1 aromatic heterocycles. The molecular weight excluding hydrogens is 290 g/mol. The first kappa shape index (κ1) is 13.7. The molecule has 0 aliphatic carbocycles. The molecule has 108 valence electrons. The molecule has 3 aromatic rings. The summed E-state index contributed by atoms with van der Waals surface area (Å²) in [4.78, 5) is 2.68. The largest absolute Gasteiger partial charge is 0.489 e. The van der Waals surface area contributed by atoms with Crippen molar-refractivity contribution < 1.29 is 17.7 Å².